The molecule has 0 aliphatic carbocycles. The summed E-state index contributed by atoms with van der Waals surface area (Å²) in [7, 11) is 0. The Morgan fingerprint density at radius 3 is 2.44 bits per heavy atom. The quantitative estimate of drug-likeness (QED) is 0.548. The molecule has 9 heavy (non-hydrogen) atoms. The summed E-state index contributed by atoms with van der Waals surface area (Å²) in [4.78, 5) is 1.89. The monoisotopic (exact) mass is 138 g/mol. The summed E-state index contributed by atoms with van der Waals surface area (Å²) in [6, 6.07) is 0. The molecule has 1 heterocycles. The Bertz CT molecular complexity index is 177. The van der Waals surface area contributed by atoms with Crippen LogP contribution in [-0.4, -0.2) is 10.2 Å². The molecule has 0 aliphatic heterocycles. The van der Waals surface area contributed by atoms with Crippen LogP contribution in [0.15, 0.2) is 6.33 Å². The van der Waals surface area contributed by atoms with Crippen molar-refractivity contribution in [1.82, 2.24) is 10.2 Å². The summed E-state index contributed by atoms with van der Waals surface area (Å²) in [5.41, 5.74) is 0. The predicted octanol–water partition coefficient (Wildman–Crippen LogP) is 0.243. The van der Waals surface area contributed by atoms with E-state index in [2.05, 4.69) is 5.10 Å². The minimum atomic E-state index is -4.35. The Labute approximate surface area is 47.9 Å². The van der Waals surface area contributed by atoms with Gasteiger partial charge in [-0.05, 0) is 0 Å². The van der Waals surface area contributed by atoms with Crippen molar-refractivity contribution in [3.05, 3.63) is 12.2 Å². The highest BCUT2D eigenvalue weighted by molar-refractivity contribution is 4.75. The Kier molecular flexibility index (Phi) is 1.15. The Morgan fingerprint density at radius 2 is 2.22 bits per heavy atom. The maximum absolute atomic E-state index is 11.5. The molecule has 0 amide bonds. The second-order valence-corrected chi connectivity index (χ2v) is 1.39. The topological polar surface area (TPSA) is 42.8 Å². The van der Waals surface area contributed by atoms with Crippen molar-refractivity contribution in [3.8, 4) is 0 Å². The lowest BCUT2D eigenvalue weighted by molar-refractivity contribution is -0.426. The van der Waals surface area contributed by atoms with Crippen LogP contribution in [0.2, 0.25) is 0 Å². The third kappa shape index (κ3) is 1.18. The van der Waals surface area contributed by atoms with Gasteiger partial charge >= 0.3 is 12.0 Å². The van der Waals surface area contributed by atoms with E-state index in [1.165, 1.54) is 0 Å². The van der Waals surface area contributed by atoms with Crippen LogP contribution >= 0.6 is 0 Å². The second kappa shape index (κ2) is 1.71. The van der Waals surface area contributed by atoms with Gasteiger partial charge in [0.1, 0.15) is 0 Å². The van der Waals surface area contributed by atoms with E-state index >= 15 is 0 Å². The molecule has 6 heteroatoms. The molecule has 50 valence electrons. The molecule has 1 rings (SSSR count). The van der Waals surface area contributed by atoms with Gasteiger partial charge in [0.15, 0.2) is 0 Å². The lowest BCUT2D eigenvalue weighted by Crippen LogP contribution is -2.17. The van der Waals surface area contributed by atoms with Crippen LogP contribution in [0.1, 0.15) is 5.82 Å². The third-order valence-corrected chi connectivity index (χ3v) is 0.733. The summed E-state index contributed by atoms with van der Waals surface area (Å²) >= 11 is 0. The normalized spacial score (nSPS) is 11.9. The zero-order valence-corrected chi connectivity index (χ0v) is 4.16. The van der Waals surface area contributed by atoms with Crippen molar-refractivity contribution in [2.45, 2.75) is 6.18 Å². The fourth-order valence-electron chi connectivity index (χ4n) is 0.371. The van der Waals surface area contributed by atoms with E-state index in [1.54, 1.807) is 5.10 Å². The van der Waals surface area contributed by atoms with Gasteiger partial charge in [0, 0.05) is 5.10 Å². The molecular weight excluding hydrogens is 135 g/mol. The smallest absolute Gasteiger partial charge is 0.241 e. The molecule has 0 unspecified atom stereocenters. The molecule has 0 radical (unpaired) electrons. The molecule has 2 N–H and O–H groups in total. The first-order chi connectivity index (χ1) is 4.11. The van der Waals surface area contributed by atoms with E-state index in [0.717, 1.165) is 6.33 Å². The SMILES string of the molecule is FC(F)(F)c1[nH]nc[nH+]1. The zero-order chi connectivity index (χ0) is 6.91. The van der Waals surface area contributed by atoms with Gasteiger partial charge in [-0.3, -0.25) is 0 Å². The number of halogens is 3. The van der Waals surface area contributed by atoms with Gasteiger partial charge in [0.05, 0.1) is 0 Å². The molecule has 0 saturated carbocycles. The number of rotatable bonds is 0. The zero-order valence-electron chi connectivity index (χ0n) is 4.16. The van der Waals surface area contributed by atoms with E-state index < -0.39 is 12.0 Å². The second-order valence-electron chi connectivity index (χ2n) is 1.39. The van der Waals surface area contributed by atoms with Crippen LogP contribution in [0.5, 0.6) is 0 Å². The molecule has 0 bridgehead atoms. The third-order valence-electron chi connectivity index (χ3n) is 0.733. The average molecular weight is 138 g/mol. The lowest BCUT2D eigenvalue weighted by atomic mass is 10.6. The lowest BCUT2D eigenvalue weighted by Gasteiger charge is -1.93. The molecule has 1 aromatic rings. The van der Waals surface area contributed by atoms with E-state index in [4.69, 9.17) is 0 Å². The van der Waals surface area contributed by atoms with Crippen LogP contribution in [0.25, 0.3) is 0 Å². The van der Waals surface area contributed by atoms with Gasteiger partial charge < -0.3 is 0 Å². The fourth-order valence-corrected chi connectivity index (χ4v) is 0.371. The van der Waals surface area contributed by atoms with Gasteiger partial charge in [0.25, 0.3) is 6.33 Å². The highest BCUT2D eigenvalue weighted by Gasteiger charge is 2.38. The Balaban J connectivity index is 2.90. The predicted molar refractivity (Wildman–Crippen MR) is 20.1 cm³/mol. The standard InChI is InChI=1S/C3H2F3N3/c4-3(5,6)2-7-1-8-9-2/h1H,(H,7,8,9)/p+1. The molecular formula is C3H3F3N3+. The Hall–Kier alpha value is -1.07. The van der Waals surface area contributed by atoms with Crippen LogP contribution in [0, 0.1) is 0 Å². The van der Waals surface area contributed by atoms with Crippen LogP contribution in [0.4, 0.5) is 13.2 Å². The van der Waals surface area contributed by atoms with Gasteiger partial charge in [-0.15, -0.1) is 5.10 Å². The summed E-state index contributed by atoms with van der Waals surface area (Å²) in [5, 5.41) is 4.83. The number of aromatic amines is 2. The van der Waals surface area contributed by atoms with Crippen molar-refractivity contribution >= 4 is 0 Å². The number of H-pyrrole nitrogens is 2. The van der Waals surface area contributed by atoms with Crippen LogP contribution < -0.4 is 4.98 Å². The molecule has 0 aromatic carbocycles. The maximum Gasteiger partial charge on any atom is 0.481 e. The fraction of sp³-hybridized carbons (Fsp3) is 0.333. The highest BCUT2D eigenvalue weighted by atomic mass is 19.4. The van der Waals surface area contributed by atoms with Gasteiger partial charge in [-0.2, -0.15) is 13.2 Å². The van der Waals surface area contributed by atoms with Crippen molar-refractivity contribution < 1.29 is 18.2 Å². The first-order valence-corrected chi connectivity index (χ1v) is 2.09. The summed E-state index contributed by atoms with van der Waals surface area (Å²) in [6.45, 7) is 0. The van der Waals surface area contributed by atoms with Crippen molar-refractivity contribution in [3.63, 3.8) is 0 Å². The highest BCUT2D eigenvalue weighted by Crippen LogP contribution is 2.22. The molecule has 0 fully saturated rings. The number of hydrogen-bond donors (Lipinski definition) is 1. The number of nitrogens with zero attached hydrogens (tertiary/aromatic N) is 1. The molecule has 1 aromatic heterocycles. The van der Waals surface area contributed by atoms with Crippen molar-refractivity contribution in [2.75, 3.05) is 0 Å². The molecule has 0 aliphatic rings. The molecule has 0 spiro atoms. The number of alkyl halides is 3. The van der Waals surface area contributed by atoms with Crippen LogP contribution in [0.3, 0.4) is 0 Å². The minimum Gasteiger partial charge on any atom is -0.241 e. The van der Waals surface area contributed by atoms with E-state index in [9.17, 15) is 13.2 Å². The molecule has 0 saturated heterocycles. The maximum atomic E-state index is 11.5. The minimum absolute atomic E-state index is 0.933. The van der Waals surface area contributed by atoms with Gasteiger partial charge in [-0.1, -0.05) is 0 Å². The van der Waals surface area contributed by atoms with Gasteiger partial charge in [0.2, 0.25) is 0 Å². The van der Waals surface area contributed by atoms with Gasteiger partial charge in [-0.25, -0.2) is 4.98 Å². The van der Waals surface area contributed by atoms with Crippen molar-refractivity contribution in [2.24, 2.45) is 0 Å². The average Bonchev–Trinajstić information content (AvgIpc) is 2.08. The Morgan fingerprint density at radius 1 is 1.56 bits per heavy atom. The number of aromatic nitrogens is 3. The summed E-state index contributed by atoms with van der Waals surface area (Å²) in [5.74, 6) is -0.942. The first-order valence-electron chi connectivity index (χ1n) is 2.09. The largest absolute Gasteiger partial charge is 0.481 e. The van der Waals surface area contributed by atoms with Crippen LogP contribution in [-0.2, 0) is 6.18 Å². The number of hydrogen-bond acceptors (Lipinski definition) is 1. The number of nitrogens with one attached hydrogen (secondary N) is 2. The van der Waals surface area contributed by atoms with E-state index in [1.807, 2.05) is 4.98 Å². The molecule has 3 nitrogen and oxygen atoms in total. The summed E-state index contributed by atoms with van der Waals surface area (Å²) < 4.78 is 34.6. The molecule has 0 atom stereocenters. The van der Waals surface area contributed by atoms with Crippen molar-refractivity contribution in [1.29, 1.82) is 0 Å². The van der Waals surface area contributed by atoms with E-state index in [0.29, 0.717) is 0 Å². The first kappa shape index (κ1) is 6.06. The summed E-state index contributed by atoms with van der Waals surface area (Å²) in [6.07, 6.45) is -3.42. The van der Waals surface area contributed by atoms with E-state index in [-0.39, 0.29) is 0 Å².